The first-order valence-corrected chi connectivity index (χ1v) is 19.1. The van der Waals surface area contributed by atoms with Crippen molar-refractivity contribution in [3.05, 3.63) is 222 Å². The zero-order valence-corrected chi connectivity index (χ0v) is 30.7. The van der Waals surface area contributed by atoms with E-state index in [4.69, 9.17) is 24.4 Å². The molecule has 8 aromatic carbocycles. The summed E-state index contributed by atoms with van der Waals surface area (Å²) < 4.78 is 13.5. The molecule has 1 aliphatic heterocycles. The fourth-order valence-electron chi connectivity index (χ4n) is 8.47. The predicted molar refractivity (Wildman–Crippen MR) is 225 cm³/mol. The first kappa shape index (κ1) is 32.8. The SMILES string of the molecule is c1ccc(-c2cccc(-c3nc(-c4ccccc4)nc(-c4ccc5c(c4)Oc4cc6c(cc4O5)C(c4ccccc4)(c4ccccc4)c4ccccc4-6)n3)c2)cc1. The molecule has 1 aliphatic carbocycles. The average molecular weight is 732 g/mol. The van der Waals surface area contributed by atoms with Crippen molar-refractivity contribution in [2.75, 3.05) is 0 Å². The predicted octanol–water partition coefficient (Wildman–Crippen LogP) is 12.8. The van der Waals surface area contributed by atoms with E-state index in [2.05, 4.69) is 121 Å². The Morgan fingerprint density at radius 1 is 0.298 bits per heavy atom. The highest BCUT2D eigenvalue weighted by atomic mass is 16.6. The molecule has 0 amide bonds. The molecule has 0 bridgehead atoms. The Labute approximate surface area is 330 Å². The minimum Gasteiger partial charge on any atom is -0.450 e. The van der Waals surface area contributed by atoms with Crippen LogP contribution in [0.2, 0.25) is 0 Å². The maximum Gasteiger partial charge on any atom is 0.170 e. The van der Waals surface area contributed by atoms with E-state index in [1.54, 1.807) is 0 Å². The molecule has 1 aromatic heterocycles. The molecule has 0 saturated heterocycles. The molecule has 0 atom stereocenters. The molecule has 2 heterocycles. The first-order valence-electron chi connectivity index (χ1n) is 19.1. The van der Waals surface area contributed by atoms with Crippen LogP contribution < -0.4 is 9.47 Å². The van der Waals surface area contributed by atoms with Gasteiger partial charge in [0.05, 0.1) is 5.41 Å². The third-order valence-corrected chi connectivity index (χ3v) is 11.1. The first-order chi connectivity index (χ1) is 28.2. The van der Waals surface area contributed by atoms with Gasteiger partial charge in [0.2, 0.25) is 0 Å². The van der Waals surface area contributed by atoms with E-state index in [0.717, 1.165) is 38.9 Å². The van der Waals surface area contributed by atoms with Gasteiger partial charge in [-0.2, -0.15) is 0 Å². The van der Waals surface area contributed by atoms with Gasteiger partial charge in [-0.1, -0.05) is 164 Å². The molecule has 5 nitrogen and oxygen atoms in total. The molecule has 5 heteroatoms. The average Bonchev–Trinajstić information content (AvgIpc) is 3.58. The van der Waals surface area contributed by atoms with Crippen LogP contribution in [-0.2, 0) is 5.41 Å². The Bertz CT molecular complexity index is 2910. The maximum absolute atomic E-state index is 6.76. The van der Waals surface area contributed by atoms with Crippen molar-refractivity contribution in [3.63, 3.8) is 0 Å². The minimum absolute atomic E-state index is 0.537. The molecule has 0 spiro atoms. The minimum atomic E-state index is -0.537. The van der Waals surface area contributed by atoms with E-state index in [1.807, 2.05) is 78.9 Å². The third kappa shape index (κ3) is 5.43. The zero-order valence-electron chi connectivity index (χ0n) is 30.7. The van der Waals surface area contributed by atoms with Crippen LogP contribution in [0.1, 0.15) is 22.3 Å². The van der Waals surface area contributed by atoms with E-state index >= 15 is 0 Å². The van der Waals surface area contributed by atoms with E-state index < -0.39 is 5.41 Å². The lowest BCUT2D eigenvalue weighted by atomic mass is 9.67. The van der Waals surface area contributed by atoms with Crippen LogP contribution in [-0.4, -0.2) is 15.0 Å². The Kier molecular flexibility index (Phi) is 7.64. The molecule has 268 valence electrons. The van der Waals surface area contributed by atoms with E-state index in [0.29, 0.717) is 40.5 Å². The Hall–Kier alpha value is -7.63. The molecule has 0 unspecified atom stereocenters. The van der Waals surface area contributed by atoms with Crippen LogP contribution in [0.4, 0.5) is 0 Å². The molecular weight excluding hydrogens is 699 g/mol. The second-order valence-corrected chi connectivity index (χ2v) is 14.4. The van der Waals surface area contributed by atoms with E-state index in [1.165, 1.54) is 22.3 Å². The van der Waals surface area contributed by atoms with Crippen LogP contribution in [0.3, 0.4) is 0 Å². The molecule has 11 rings (SSSR count). The van der Waals surface area contributed by atoms with Crippen molar-refractivity contribution in [2.45, 2.75) is 5.41 Å². The summed E-state index contributed by atoms with van der Waals surface area (Å²) in [6, 6.07) is 69.1. The monoisotopic (exact) mass is 731 g/mol. The third-order valence-electron chi connectivity index (χ3n) is 11.1. The number of rotatable bonds is 6. The highest BCUT2D eigenvalue weighted by Crippen LogP contribution is 2.59. The fraction of sp³-hybridized carbons (Fsp3) is 0.0192. The van der Waals surface area contributed by atoms with Crippen LogP contribution in [0.25, 0.3) is 56.4 Å². The van der Waals surface area contributed by atoms with Crippen molar-refractivity contribution in [1.82, 2.24) is 15.0 Å². The summed E-state index contributed by atoms with van der Waals surface area (Å²) in [4.78, 5) is 15.0. The molecular formula is C52H33N3O2. The molecule has 9 aromatic rings. The standard InChI is InChI=1S/C52H33N3O2/c1-5-16-34(17-6-1)36-20-15-21-37(30-36)50-53-49(35-18-7-2-8-19-35)54-51(55-50)38-28-29-45-46(31-38)57-47-32-42-41-26-13-14-27-43(41)52(39-22-9-3-10-23-39,40-24-11-4-12-25-40)44(42)33-48(47)56-45/h1-33H. The van der Waals surface area contributed by atoms with Gasteiger partial charge in [-0.15, -0.1) is 0 Å². The van der Waals surface area contributed by atoms with Crippen LogP contribution >= 0.6 is 0 Å². The Morgan fingerprint density at radius 2 is 0.789 bits per heavy atom. The number of hydrogen-bond donors (Lipinski definition) is 0. The van der Waals surface area contributed by atoms with Gasteiger partial charge in [-0.3, -0.25) is 0 Å². The quantitative estimate of drug-likeness (QED) is 0.170. The highest BCUT2D eigenvalue weighted by Gasteiger charge is 2.47. The van der Waals surface area contributed by atoms with Gasteiger partial charge in [0.1, 0.15) is 0 Å². The largest absolute Gasteiger partial charge is 0.450 e. The summed E-state index contributed by atoms with van der Waals surface area (Å²) in [5, 5.41) is 0. The van der Waals surface area contributed by atoms with Gasteiger partial charge in [0.25, 0.3) is 0 Å². The van der Waals surface area contributed by atoms with E-state index in [9.17, 15) is 0 Å². The van der Waals surface area contributed by atoms with Gasteiger partial charge < -0.3 is 9.47 Å². The van der Waals surface area contributed by atoms with Crippen LogP contribution in [0.5, 0.6) is 23.0 Å². The number of aromatic nitrogens is 3. The number of fused-ring (bicyclic) bond motifs is 5. The second-order valence-electron chi connectivity index (χ2n) is 14.4. The summed E-state index contributed by atoms with van der Waals surface area (Å²) >= 11 is 0. The second kappa shape index (κ2) is 13.3. The number of ether oxygens (including phenoxy) is 2. The lowest BCUT2D eigenvalue weighted by molar-refractivity contribution is 0.359. The molecule has 0 saturated carbocycles. The maximum atomic E-state index is 6.76. The normalized spacial score (nSPS) is 13.0. The molecule has 57 heavy (non-hydrogen) atoms. The van der Waals surface area contributed by atoms with Crippen molar-refractivity contribution < 1.29 is 9.47 Å². The van der Waals surface area contributed by atoms with Crippen molar-refractivity contribution in [1.29, 1.82) is 0 Å². The van der Waals surface area contributed by atoms with Gasteiger partial charge in [-0.25, -0.2) is 15.0 Å². The Morgan fingerprint density at radius 3 is 1.47 bits per heavy atom. The smallest absolute Gasteiger partial charge is 0.170 e. The van der Waals surface area contributed by atoms with Crippen molar-refractivity contribution >= 4 is 0 Å². The summed E-state index contributed by atoms with van der Waals surface area (Å²) in [5.41, 5.74) is 11.4. The topological polar surface area (TPSA) is 57.1 Å². The summed E-state index contributed by atoms with van der Waals surface area (Å²) in [6.45, 7) is 0. The Balaban J connectivity index is 1.02. The van der Waals surface area contributed by atoms with Crippen molar-refractivity contribution in [2.24, 2.45) is 0 Å². The lowest BCUT2D eigenvalue weighted by Gasteiger charge is -2.34. The van der Waals surface area contributed by atoms with Crippen molar-refractivity contribution in [3.8, 4) is 79.4 Å². The zero-order chi connectivity index (χ0) is 37.8. The molecule has 0 N–H and O–H groups in total. The van der Waals surface area contributed by atoms with Crippen LogP contribution in [0, 0.1) is 0 Å². The van der Waals surface area contributed by atoms with Gasteiger partial charge >= 0.3 is 0 Å². The molecule has 0 fully saturated rings. The number of nitrogens with zero attached hydrogens (tertiary/aromatic N) is 3. The van der Waals surface area contributed by atoms with Gasteiger partial charge in [-0.05, 0) is 80.9 Å². The fourth-order valence-corrected chi connectivity index (χ4v) is 8.47. The lowest BCUT2D eigenvalue weighted by Crippen LogP contribution is -2.28. The highest BCUT2D eigenvalue weighted by molar-refractivity contribution is 5.88. The number of hydrogen-bond acceptors (Lipinski definition) is 5. The molecule has 0 radical (unpaired) electrons. The number of benzene rings is 8. The van der Waals surface area contributed by atoms with E-state index in [-0.39, 0.29) is 0 Å². The summed E-state index contributed by atoms with van der Waals surface area (Å²) in [5.74, 6) is 4.27. The molecule has 2 aliphatic rings. The van der Waals surface area contributed by atoms with Crippen LogP contribution in [0.15, 0.2) is 200 Å². The van der Waals surface area contributed by atoms with Gasteiger partial charge in [0, 0.05) is 16.7 Å². The summed E-state index contributed by atoms with van der Waals surface area (Å²) in [6.07, 6.45) is 0. The summed E-state index contributed by atoms with van der Waals surface area (Å²) in [7, 11) is 0. The van der Waals surface area contributed by atoms with Gasteiger partial charge in [0.15, 0.2) is 40.5 Å².